The van der Waals surface area contributed by atoms with Gasteiger partial charge in [-0.1, -0.05) is 13.3 Å². The summed E-state index contributed by atoms with van der Waals surface area (Å²) in [6, 6.07) is 0. The standard InChI is InChI=1S/C10H22O3/c1-3-9(7-11)5-6-10(12)8-13-4-2/h9-12H,3-8H2,1-2H3. The van der Waals surface area contributed by atoms with Gasteiger partial charge in [0.2, 0.25) is 0 Å². The highest BCUT2D eigenvalue weighted by atomic mass is 16.5. The summed E-state index contributed by atoms with van der Waals surface area (Å²) in [7, 11) is 0. The first-order valence-electron chi connectivity index (χ1n) is 5.11. The van der Waals surface area contributed by atoms with E-state index in [4.69, 9.17) is 9.84 Å². The second-order valence-electron chi connectivity index (χ2n) is 3.35. The zero-order valence-corrected chi connectivity index (χ0v) is 8.70. The molecule has 0 fully saturated rings. The average Bonchev–Trinajstić information content (AvgIpc) is 2.16. The Bertz CT molecular complexity index is 102. The monoisotopic (exact) mass is 190 g/mol. The number of aliphatic hydroxyl groups excluding tert-OH is 2. The molecule has 0 aliphatic rings. The summed E-state index contributed by atoms with van der Waals surface area (Å²) in [4.78, 5) is 0. The van der Waals surface area contributed by atoms with Crippen LogP contribution in [0.3, 0.4) is 0 Å². The normalized spacial score (nSPS) is 15.7. The van der Waals surface area contributed by atoms with Crippen molar-refractivity contribution in [3.8, 4) is 0 Å². The first-order valence-corrected chi connectivity index (χ1v) is 5.11. The van der Waals surface area contributed by atoms with Gasteiger partial charge in [-0.3, -0.25) is 0 Å². The lowest BCUT2D eigenvalue weighted by Gasteiger charge is -2.14. The molecular formula is C10H22O3. The number of hydrogen-bond acceptors (Lipinski definition) is 3. The molecule has 3 heteroatoms. The van der Waals surface area contributed by atoms with E-state index in [1.807, 2.05) is 6.92 Å². The molecule has 0 aliphatic heterocycles. The highest BCUT2D eigenvalue weighted by Gasteiger charge is 2.09. The van der Waals surface area contributed by atoms with Gasteiger partial charge in [-0.25, -0.2) is 0 Å². The van der Waals surface area contributed by atoms with Gasteiger partial charge in [0, 0.05) is 13.2 Å². The predicted octanol–water partition coefficient (Wildman–Crippen LogP) is 1.18. The van der Waals surface area contributed by atoms with Crippen molar-refractivity contribution in [1.29, 1.82) is 0 Å². The minimum absolute atomic E-state index is 0.220. The van der Waals surface area contributed by atoms with Gasteiger partial charge in [0.1, 0.15) is 0 Å². The molecule has 80 valence electrons. The van der Waals surface area contributed by atoms with Crippen molar-refractivity contribution in [1.82, 2.24) is 0 Å². The van der Waals surface area contributed by atoms with Crippen molar-refractivity contribution >= 4 is 0 Å². The molecule has 0 amide bonds. The predicted molar refractivity (Wildman–Crippen MR) is 52.6 cm³/mol. The SMILES string of the molecule is CCOCC(O)CCC(CC)CO. The molecule has 0 saturated carbocycles. The van der Waals surface area contributed by atoms with E-state index in [1.54, 1.807) is 0 Å². The van der Waals surface area contributed by atoms with Crippen LogP contribution < -0.4 is 0 Å². The molecule has 0 aromatic rings. The van der Waals surface area contributed by atoms with E-state index in [2.05, 4.69) is 6.92 Å². The highest BCUT2D eigenvalue weighted by Crippen LogP contribution is 2.11. The molecule has 2 atom stereocenters. The molecule has 0 spiro atoms. The van der Waals surface area contributed by atoms with E-state index < -0.39 is 0 Å². The van der Waals surface area contributed by atoms with Crippen molar-refractivity contribution in [2.45, 2.75) is 39.2 Å². The fraction of sp³-hybridized carbons (Fsp3) is 1.00. The topological polar surface area (TPSA) is 49.7 Å². The maximum Gasteiger partial charge on any atom is 0.0773 e. The van der Waals surface area contributed by atoms with Crippen LogP contribution in [0, 0.1) is 5.92 Å². The van der Waals surface area contributed by atoms with Crippen LogP contribution in [0.2, 0.25) is 0 Å². The largest absolute Gasteiger partial charge is 0.396 e. The van der Waals surface area contributed by atoms with E-state index in [-0.39, 0.29) is 12.7 Å². The maximum absolute atomic E-state index is 9.41. The lowest BCUT2D eigenvalue weighted by atomic mass is 9.99. The minimum atomic E-state index is -0.374. The third-order valence-electron chi connectivity index (χ3n) is 2.26. The van der Waals surface area contributed by atoms with E-state index in [0.29, 0.717) is 19.1 Å². The summed E-state index contributed by atoms with van der Waals surface area (Å²) in [5.74, 6) is 0.330. The van der Waals surface area contributed by atoms with Crippen LogP contribution in [-0.4, -0.2) is 36.1 Å². The Hall–Kier alpha value is -0.120. The Morgan fingerprint density at radius 1 is 1.23 bits per heavy atom. The molecule has 2 unspecified atom stereocenters. The first-order chi connectivity index (χ1) is 6.24. The van der Waals surface area contributed by atoms with Crippen molar-refractivity contribution in [2.75, 3.05) is 19.8 Å². The van der Waals surface area contributed by atoms with Crippen molar-refractivity contribution in [3.05, 3.63) is 0 Å². The molecule has 13 heavy (non-hydrogen) atoms. The Labute approximate surface area is 80.7 Å². The summed E-state index contributed by atoms with van der Waals surface area (Å²) >= 11 is 0. The lowest BCUT2D eigenvalue weighted by molar-refractivity contribution is 0.0329. The van der Waals surface area contributed by atoms with Gasteiger partial charge in [-0.2, -0.15) is 0 Å². The molecule has 0 aromatic heterocycles. The average molecular weight is 190 g/mol. The van der Waals surface area contributed by atoms with Crippen molar-refractivity contribution < 1.29 is 14.9 Å². The molecule has 0 saturated heterocycles. The zero-order valence-electron chi connectivity index (χ0n) is 8.70. The second-order valence-corrected chi connectivity index (χ2v) is 3.35. The maximum atomic E-state index is 9.41. The summed E-state index contributed by atoms with van der Waals surface area (Å²) in [6.07, 6.45) is 2.19. The summed E-state index contributed by atoms with van der Waals surface area (Å²) in [5, 5.41) is 18.3. The van der Waals surface area contributed by atoms with Gasteiger partial charge in [0.15, 0.2) is 0 Å². The molecule has 0 heterocycles. The van der Waals surface area contributed by atoms with Gasteiger partial charge in [0.25, 0.3) is 0 Å². The number of hydrogen-bond donors (Lipinski definition) is 2. The summed E-state index contributed by atoms with van der Waals surface area (Å²) in [5.41, 5.74) is 0. The van der Waals surface area contributed by atoms with Crippen LogP contribution in [-0.2, 0) is 4.74 Å². The zero-order chi connectivity index (χ0) is 10.1. The molecule has 0 rings (SSSR count). The van der Waals surface area contributed by atoms with Gasteiger partial charge in [-0.05, 0) is 25.7 Å². The van der Waals surface area contributed by atoms with E-state index in [1.165, 1.54) is 0 Å². The van der Waals surface area contributed by atoms with Crippen molar-refractivity contribution in [3.63, 3.8) is 0 Å². The smallest absolute Gasteiger partial charge is 0.0773 e. The Morgan fingerprint density at radius 3 is 2.38 bits per heavy atom. The third-order valence-corrected chi connectivity index (χ3v) is 2.26. The fourth-order valence-electron chi connectivity index (χ4n) is 1.19. The molecular weight excluding hydrogens is 168 g/mol. The number of ether oxygens (including phenoxy) is 1. The fourth-order valence-corrected chi connectivity index (χ4v) is 1.19. The quantitative estimate of drug-likeness (QED) is 0.604. The van der Waals surface area contributed by atoms with Gasteiger partial charge in [-0.15, -0.1) is 0 Å². The van der Waals surface area contributed by atoms with Crippen LogP contribution >= 0.6 is 0 Å². The number of aliphatic hydroxyl groups is 2. The van der Waals surface area contributed by atoms with E-state index in [0.717, 1.165) is 19.3 Å². The van der Waals surface area contributed by atoms with Crippen LogP contribution in [0.15, 0.2) is 0 Å². The van der Waals surface area contributed by atoms with Crippen LogP contribution in [0.5, 0.6) is 0 Å². The Kier molecular flexibility index (Phi) is 8.40. The molecule has 0 radical (unpaired) electrons. The van der Waals surface area contributed by atoms with Crippen LogP contribution in [0.4, 0.5) is 0 Å². The number of rotatable bonds is 8. The molecule has 0 aliphatic carbocycles. The van der Waals surface area contributed by atoms with Crippen LogP contribution in [0.25, 0.3) is 0 Å². The summed E-state index contributed by atoms with van der Waals surface area (Å²) < 4.78 is 5.08. The first kappa shape index (κ1) is 12.9. The minimum Gasteiger partial charge on any atom is -0.396 e. The second kappa shape index (κ2) is 8.48. The van der Waals surface area contributed by atoms with Gasteiger partial charge >= 0.3 is 0 Å². The Balaban J connectivity index is 3.38. The highest BCUT2D eigenvalue weighted by molar-refractivity contribution is 4.60. The summed E-state index contributed by atoms with van der Waals surface area (Å²) in [6.45, 7) is 5.25. The lowest BCUT2D eigenvalue weighted by Crippen LogP contribution is -2.17. The van der Waals surface area contributed by atoms with Gasteiger partial charge < -0.3 is 14.9 Å². The molecule has 0 aromatic carbocycles. The van der Waals surface area contributed by atoms with Gasteiger partial charge in [0.05, 0.1) is 12.7 Å². The van der Waals surface area contributed by atoms with E-state index >= 15 is 0 Å². The molecule has 3 nitrogen and oxygen atoms in total. The van der Waals surface area contributed by atoms with E-state index in [9.17, 15) is 5.11 Å². The van der Waals surface area contributed by atoms with Crippen LogP contribution in [0.1, 0.15) is 33.1 Å². The molecule has 2 N–H and O–H groups in total. The molecule has 0 bridgehead atoms. The Morgan fingerprint density at radius 2 is 1.92 bits per heavy atom. The third kappa shape index (κ3) is 6.99. The van der Waals surface area contributed by atoms with Crippen molar-refractivity contribution in [2.24, 2.45) is 5.92 Å².